The lowest BCUT2D eigenvalue weighted by molar-refractivity contribution is 0.344. The van der Waals surface area contributed by atoms with Gasteiger partial charge in [0, 0.05) is 6.54 Å². The fourth-order valence-electron chi connectivity index (χ4n) is 1.49. The first kappa shape index (κ1) is 13.5. The number of aromatic nitrogens is 2. The van der Waals surface area contributed by atoms with Crippen molar-refractivity contribution >= 4 is 11.8 Å². The molecule has 0 aliphatic rings. The molecule has 0 aromatic carbocycles. The molecule has 1 atom stereocenters. The maximum Gasteiger partial charge on any atom is 0.231 e. The van der Waals surface area contributed by atoms with Gasteiger partial charge in [-0.1, -0.05) is 25.4 Å². The van der Waals surface area contributed by atoms with E-state index in [1.165, 1.54) is 6.42 Å². The Labute approximate surface area is 101 Å². The molecule has 1 aromatic rings. The molecule has 1 heterocycles. The van der Waals surface area contributed by atoms with Crippen molar-refractivity contribution in [3.63, 3.8) is 0 Å². The van der Waals surface area contributed by atoms with Gasteiger partial charge in [-0.2, -0.15) is 16.7 Å². The first-order valence-corrected chi connectivity index (χ1v) is 7.07. The Morgan fingerprint density at radius 2 is 2.19 bits per heavy atom. The third-order valence-electron chi connectivity index (χ3n) is 2.33. The summed E-state index contributed by atoms with van der Waals surface area (Å²) in [5, 5.41) is 3.98. The zero-order valence-electron chi connectivity index (χ0n) is 10.1. The summed E-state index contributed by atoms with van der Waals surface area (Å²) in [7, 11) is 0. The molecule has 2 N–H and O–H groups in total. The van der Waals surface area contributed by atoms with Gasteiger partial charge in [0.15, 0.2) is 5.82 Å². The Bertz CT molecular complexity index is 291. The van der Waals surface area contributed by atoms with Gasteiger partial charge in [0.2, 0.25) is 5.89 Å². The fourth-order valence-corrected chi connectivity index (χ4v) is 2.22. The van der Waals surface area contributed by atoms with E-state index in [1.54, 1.807) is 0 Å². The lowest BCUT2D eigenvalue weighted by atomic mass is 10.0. The van der Waals surface area contributed by atoms with Crippen LogP contribution in [0.5, 0.6) is 0 Å². The molecule has 0 fully saturated rings. The van der Waals surface area contributed by atoms with E-state index in [1.807, 2.05) is 11.8 Å². The van der Waals surface area contributed by atoms with Gasteiger partial charge in [0.05, 0.1) is 11.7 Å². The van der Waals surface area contributed by atoms with Gasteiger partial charge in [0.25, 0.3) is 0 Å². The highest BCUT2D eigenvalue weighted by molar-refractivity contribution is 7.98. The third kappa shape index (κ3) is 4.14. The quantitative estimate of drug-likeness (QED) is 0.711. The summed E-state index contributed by atoms with van der Waals surface area (Å²) >= 11 is 1.84. The van der Waals surface area contributed by atoms with Crippen LogP contribution in [0.3, 0.4) is 0 Å². The van der Waals surface area contributed by atoms with Crippen LogP contribution in [0, 0.1) is 0 Å². The molecule has 0 radical (unpaired) electrons. The first-order chi connectivity index (χ1) is 7.81. The minimum Gasteiger partial charge on any atom is -0.339 e. The second-order valence-corrected chi connectivity index (χ2v) is 4.93. The van der Waals surface area contributed by atoms with Crippen LogP contribution in [0.15, 0.2) is 4.52 Å². The van der Waals surface area contributed by atoms with Crippen LogP contribution in [0.1, 0.15) is 50.7 Å². The molecule has 0 spiro atoms. The summed E-state index contributed by atoms with van der Waals surface area (Å²) in [6, 6.07) is 0. The maximum atomic E-state index is 5.69. The molecule has 92 valence electrons. The van der Waals surface area contributed by atoms with Crippen molar-refractivity contribution in [2.45, 2.75) is 44.8 Å². The standard InChI is InChI=1S/C11H21N3OS/c1-3-5-9(7-12)11-13-10(14-15-11)8-16-6-4-2/h9H,3-8,12H2,1-2H3. The third-order valence-corrected chi connectivity index (χ3v) is 3.49. The summed E-state index contributed by atoms with van der Waals surface area (Å²) < 4.78 is 5.25. The fraction of sp³-hybridized carbons (Fsp3) is 0.818. The smallest absolute Gasteiger partial charge is 0.231 e. The molecular formula is C11H21N3OS. The van der Waals surface area contributed by atoms with E-state index in [0.717, 1.165) is 30.2 Å². The molecular weight excluding hydrogens is 222 g/mol. The normalized spacial score (nSPS) is 12.9. The molecule has 0 aliphatic heterocycles. The van der Waals surface area contributed by atoms with Crippen LogP contribution in [-0.2, 0) is 5.75 Å². The molecule has 1 unspecified atom stereocenters. The molecule has 5 heteroatoms. The van der Waals surface area contributed by atoms with E-state index < -0.39 is 0 Å². The molecule has 16 heavy (non-hydrogen) atoms. The van der Waals surface area contributed by atoms with Gasteiger partial charge < -0.3 is 10.3 Å². The van der Waals surface area contributed by atoms with E-state index in [4.69, 9.17) is 10.3 Å². The van der Waals surface area contributed by atoms with Crippen molar-refractivity contribution < 1.29 is 4.52 Å². The minimum absolute atomic E-state index is 0.224. The van der Waals surface area contributed by atoms with Gasteiger partial charge in [-0.25, -0.2) is 0 Å². The Hall–Kier alpha value is -0.550. The number of nitrogens with zero attached hydrogens (tertiary/aromatic N) is 2. The number of nitrogens with two attached hydrogens (primary N) is 1. The van der Waals surface area contributed by atoms with Crippen molar-refractivity contribution in [3.8, 4) is 0 Å². The highest BCUT2D eigenvalue weighted by Crippen LogP contribution is 2.19. The number of thioether (sulfide) groups is 1. The van der Waals surface area contributed by atoms with E-state index in [-0.39, 0.29) is 5.92 Å². The van der Waals surface area contributed by atoms with Crippen LogP contribution >= 0.6 is 11.8 Å². The molecule has 0 amide bonds. The molecule has 0 saturated heterocycles. The Morgan fingerprint density at radius 3 is 2.81 bits per heavy atom. The summed E-state index contributed by atoms with van der Waals surface area (Å²) in [6.07, 6.45) is 3.28. The monoisotopic (exact) mass is 243 g/mol. The van der Waals surface area contributed by atoms with Crippen LogP contribution in [-0.4, -0.2) is 22.4 Å². The van der Waals surface area contributed by atoms with Crippen molar-refractivity contribution in [2.24, 2.45) is 5.73 Å². The van der Waals surface area contributed by atoms with Crippen molar-refractivity contribution in [2.75, 3.05) is 12.3 Å². The predicted molar refractivity (Wildman–Crippen MR) is 67.5 cm³/mol. The predicted octanol–water partition coefficient (Wildman–Crippen LogP) is 2.56. The molecule has 1 aromatic heterocycles. The second kappa shape index (κ2) is 7.68. The lowest BCUT2D eigenvalue weighted by Crippen LogP contribution is -2.12. The number of hydrogen-bond acceptors (Lipinski definition) is 5. The van der Waals surface area contributed by atoms with E-state index in [2.05, 4.69) is 24.0 Å². The van der Waals surface area contributed by atoms with Gasteiger partial charge >= 0.3 is 0 Å². The van der Waals surface area contributed by atoms with Gasteiger partial charge in [-0.15, -0.1) is 0 Å². The maximum absolute atomic E-state index is 5.69. The van der Waals surface area contributed by atoms with Crippen molar-refractivity contribution in [1.29, 1.82) is 0 Å². The molecule has 0 saturated carbocycles. The summed E-state index contributed by atoms with van der Waals surface area (Å²) in [4.78, 5) is 4.39. The molecule has 1 rings (SSSR count). The average Bonchev–Trinajstić information content (AvgIpc) is 2.75. The number of rotatable bonds is 8. The molecule has 0 bridgehead atoms. The lowest BCUT2D eigenvalue weighted by Gasteiger charge is -2.06. The van der Waals surface area contributed by atoms with Crippen LogP contribution < -0.4 is 5.73 Å². The highest BCUT2D eigenvalue weighted by atomic mass is 32.2. The zero-order chi connectivity index (χ0) is 11.8. The van der Waals surface area contributed by atoms with Gasteiger partial charge in [0.1, 0.15) is 0 Å². The zero-order valence-corrected chi connectivity index (χ0v) is 10.9. The summed E-state index contributed by atoms with van der Waals surface area (Å²) in [5.41, 5.74) is 5.69. The average molecular weight is 243 g/mol. The highest BCUT2D eigenvalue weighted by Gasteiger charge is 2.16. The van der Waals surface area contributed by atoms with Crippen LogP contribution in [0.2, 0.25) is 0 Å². The SMILES string of the molecule is CCCSCc1noc(C(CN)CCC)n1. The van der Waals surface area contributed by atoms with E-state index in [9.17, 15) is 0 Å². The van der Waals surface area contributed by atoms with Gasteiger partial charge in [-0.3, -0.25) is 0 Å². The summed E-state index contributed by atoms with van der Waals surface area (Å²) in [6.45, 7) is 4.88. The Morgan fingerprint density at radius 1 is 1.38 bits per heavy atom. The van der Waals surface area contributed by atoms with E-state index >= 15 is 0 Å². The Balaban J connectivity index is 2.48. The summed E-state index contributed by atoms with van der Waals surface area (Å²) in [5.74, 6) is 3.70. The Kier molecular flexibility index (Phi) is 6.49. The van der Waals surface area contributed by atoms with E-state index in [0.29, 0.717) is 12.4 Å². The largest absolute Gasteiger partial charge is 0.339 e. The van der Waals surface area contributed by atoms with Crippen LogP contribution in [0.25, 0.3) is 0 Å². The van der Waals surface area contributed by atoms with Gasteiger partial charge in [-0.05, 0) is 18.6 Å². The first-order valence-electron chi connectivity index (χ1n) is 5.92. The minimum atomic E-state index is 0.224. The topological polar surface area (TPSA) is 64.9 Å². The molecule has 4 nitrogen and oxygen atoms in total. The van der Waals surface area contributed by atoms with Crippen molar-refractivity contribution in [3.05, 3.63) is 11.7 Å². The van der Waals surface area contributed by atoms with Crippen molar-refractivity contribution in [1.82, 2.24) is 10.1 Å². The van der Waals surface area contributed by atoms with Crippen LogP contribution in [0.4, 0.5) is 0 Å². The second-order valence-electron chi connectivity index (χ2n) is 3.82. The number of hydrogen-bond donors (Lipinski definition) is 1. The molecule has 0 aliphatic carbocycles.